The standard InChI is InChI=1S/C23H27N7O/c1-12-8-15(23(2,3)25)11-26-18(12)13-9-14(10-13)20-28-21-16-6-5-7-17(31-4)19(16)27-22(24)30(21)29-20/h5-8,11,13-14H,9-10,25H2,1-4H3,(H2,24,27)/t13-,14-. The quantitative estimate of drug-likeness (QED) is 0.522. The molecule has 0 saturated heterocycles. The van der Waals surface area contributed by atoms with E-state index in [0.717, 1.165) is 35.3 Å². The Morgan fingerprint density at radius 2 is 1.94 bits per heavy atom. The molecule has 160 valence electrons. The number of benzene rings is 1. The molecule has 0 amide bonds. The van der Waals surface area contributed by atoms with E-state index >= 15 is 0 Å². The Labute approximate surface area is 180 Å². The Morgan fingerprint density at radius 3 is 2.61 bits per heavy atom. The first-order valence-electron chi connectivity index (χ1n) is 10.5. The van der Waals surface area contributed by atoms with Crippen molar-refractivity contribution in [3.63, 3.8) is 0 Å². The second kappa shape index (κ2) is 6.88. The summed E-state index contributed by atoms with van der Waals surface area (Å²) in [6.45, 7) is 6.11. The topological polar surface area (TPSA) is 117 Å². The van der Waals surface area contributed by atoms with Gasteiger partial charge in [0.15, 0.2) is 11.5 Å². The highest BCUT2D eigenvalue weighted by Gasteiger charge is 2.36. The number of fused-ring (bicyclic) bond motifs is 3. The van der Waals surface area contributed by atoms with Crippen LogP contribution in [-0.4, -0.2) is 31.7 Å². The molecule has 0 spiro atoms. The fourth-order valence-corrected chi connectivity index (χ4v) is 4.40. The molecule has 0 bridgehead atoms. The molecule has 1 aliphatic carbocycles. The summed E-state index contributed by atoms with van der Waals surface area (Å²) >= 11 is 0. The molecule has 0 atom stereocenters. The smallest absolute Gasteiger partial charge is 0.223 e. The number of ether oxygens (including phenoxy) is 1. The molecule has 1 fully saturated rings. The predicted octanol–water partition coefficient (Wildman–Crippen LogP) is 3.43. The summed E-state index contributed by atoms with van der Waals surface area (Å²) in [5.41, 5.74) is 16.8. The molecule has 0 unspecified atom stereocenters. The minimum absolute atomic E-state index is 0.275. The van der Waals surface area contributed by atoms with Crippen molar-refractivity contribution in [2.75, 3.05) is 12.8 Å². The van der Waals surface area contributed by atoms with E-state index in [2.05, 4.69) is 23.1 Å². The van der Waals surface area contributed by atoms with Crippen molar-refractivity contribution in [2.24, 2.45) is 5.73 Å². The van der Waals surface area contributed by atoms with E-state index in [0.29, 0.717) is 28.8 Å². The molecule has 1 aliphatic rings. The van der Waals surface area contributed by atoms with Crippen LogP contribution < -0.4 is 16.2 Å². The van der Waals surface area contributed by atoms with E-state index in [9.17, 15) is 0 Å². The summed E-state index contributed by atoms with van der Waals surface area (Å²) in [6.07, 6.45) is 3.83. The Morgan fingerprint density at radius 1 is 1.16 bits per heavy atom. The number of aryl methyl sites for hydroxylation is 1. The lowest BCUT2D eigenvalue weighted by atomic mass is 9.71. The number of hydrogen-bond acceptors (Lipinski definition) is 7. The van der Waals surface area contributed by atoms with Crippen molar-refractivity contribution in [1.82, 2.24) is 24.6 Å². The first kappa shape index (κ1) is 19.7. The van der Waals surface area contributed by atoms with Crippen LogP contribution in [0.3, 0.4) is 0 Å². The number of nitrogens with two attached hydrogens (primary N) is 2. The Hall–Kier alpha value is -3.26. The fraction of sp³-hybridized carbons (Fsp3) is 0.391. The lowest BCUT2D eigenvalue weighted by molar-refractivity contribution is 0.331. The van der Waals surface area contributed by atoms with E-state index in [1.807, 2.05) is 38.2 Å². The van der Waals surface area contributed by atoms with E-state index in [1.54, 1.807) is 11.6 Å². The van der Waals surface area contributed by atoms with Crippen LogP contribution in [0.4, 0.5) is 5.95 Å². The summed E-state index contributed by atoms with van der Waals surface area (Å²) in [6, 6.07) is 7.92. The molecule has 1 aromatic carbocycles. The zero-order chi connectivity index (χ0) is 21.9. The third kappa shape index (κ3) is 3.18. The number of aromatic nitrogens is 5. The molecule has 4 N–H and O–H groups in total. The molecule has 8 nitrogen and oxygen atoms in total. The SMILES string of the molecule is COc1cccc2c1nc(N)n1nc([C@H]3C[C@H](c4ncc(C(C)(C)N)cc4C)C3)nc21. The van der Waals surface area contributed by atoms with Gasteiger partial charge in [0.05, 0.1) is 7.11 Å². The van der Waals surface area contributed by atoms with Crippen LogP contribution in [0.2, 0.25) is 0 Å². The maximum absolute atomic E-state index is 6.22. The molecular formula is C23H27N7O. The van der Waals surface area contributed by atoms with Gasteiger partial charge in [-0.2, -0.15) is 4.52 Å². The molecule has 1 saturated carbocycles. The van der Waals surface area contributed by atoms with Gasteiger partial charge < -0.3 is 16.2 Å². The summed E-state index contributed by atoms with van der Waals surface area (Å²) in [7, 11) is 1.62. The van der Waals surface area contributed by atoms with Gasteiger partial charge in [0, 0.05) is 34.7 Å². The molecule has 3 heterocycles. The van der Waals surface area contributed by atoms with Gasteiger partial charge in [0.1, 0.15) is 11.3 Å². The van der Waals surface area contributed by atoms with Crippen molar-refractivity contribution in [3.8, 4) is 5.75 Å². The van der Waals surface area contributed by atoms with Crippen LogP contribution in [0.25, 0.3) is 16.6 Å². The van der Waals surface area contributed by atoms with Crippen LogP contribution >= 0.6 is 0 Å². The number of nitrogen functional groups attached to an aromatic ring is 1. The van der Waals surface area contributed by atoms with Crippen molar-refractivity contribution in [1.29, 1.82) is 0 Å². The Balaban J connectivity index is 1.44. The molecular weight excluding hydrogens is 390 g/mol. The fourth-order valence-electron chi connectivity index (χ4n) is 4.40. The maximum Gasteiger partial charge on any atom is 0.223 e. The number of hydrogen-bond donors (Lipinski definition) is 2. The van der Waals surface area contributed by atoms with Crippen molar-refractivity contribution in [2.45, 2.75) is 51.0 Å². The monoisotopic (exact) mass is 417 g/mol. The van der Waals surface area contributed by atoms with Gasteiger partial charge >= 0.3 is 0 Å². The molecule has 3 aromatic heterocycles. The van der Waals surface area contributed by atoms with E-state index in [4.69, 9.17) is 26.2 Å². The van der Waals surface area contributed by atoms with Crippen molar-refractivity contribution in [3.05, 3.63) is 53.1 Å². The Kier molecular flexibility index (Phi) is 4.37. The summed E-state index contributed by atoms with van der Waals surface area (Å²) in [5.74, 6) is 2.46. The lowest BCUT2D eigenvalue weighted by Crippen LogP contribution is -2.29. The van der Waals surface area contributed by atoms with Gasteiger partial charge in [-0.1, -0.05) is 12.1 Å². The van der Waals surface area contributed by atoms with Gasteiger partial charge in [0.2, 0.25) is 5.95 Å². The average molecular weight is 418 g/mol. The number of anilines is 1. The van der Waals surface area contributed by atoms with Gasteiger partial charge in [-0.3, -0.25) is 4.98 Å². The highest BCUT2D eigenvalue weighted by molar-refractivity contribution is 5.95. The highest BCUT2D eigenvalue weighted by atomic mass is 16.5. The average Bonchev–Trinajstić information content (AvgIpc) is 3.13. The first-order valence-corrected chi connectivity index (χ1v) is 10.5. The van der Waals surface area contributed by atoms with Crippen molar-refractivity contribution < 1.29 is 4.74 Å². The minimum atomic E-state index is -0.391. The lowest BCUT2D eigenvalue weighted by Gasteiger charge is -2.34. The zero-order valence-electron chi connectivity index (χ0n) is 18.3. The van der Waals surface area contributed by atoms with Crippen LogP contribution in [0.5, 0.6) is 5.75 Å². The second-order valence-electron chi connectivity index (χ2n) is 9.04. The first-order chi connectivity index (χ1) is 14.8. The van der Waals surface area contributed by atoms with Crippen LogP contribution in [-0.2, 0) is 5.54 Å². The zero-order valence-corrected chi connectivity index (χ0v) is 18.3. The normalized spacial score (nSPS) is 19.0. The van der Waals surface area contributed by atoms with E-state index in [-0.39, 0.29) is 5.92 Å². The number of rotatable bonds is 4. The van der Waals surface area contributed by atoms with Crippen LogP contribution in [0.1, 0.15) is 61.2 Å². The molecule has 5 rings (SSSR count). The van der Waals surface area contributed by atoms with E-state index in [1.165, 1.54) is 5.56 Å². The second-order valence-corrected chi connectivity index (χ2v) is 9.04. The van der Waals surface area contributed by atoms with E-state index < -0.39 is 5.54 Å². The maximum atomic E-state index is 6.22. The molecule has 0 radical (unpaired) electrons. The van der Waals surface area contributed by atoms with Gasteiger partial charge in [-0.15, -0.1) is 5.10 Å². The molecule has 4 aromatic rings. The van der Waals surface area contributed by atoms with Crippen LogP contribution in [0, 0.1) is 6.92 Å². The molecule has 8 heteroatoms. The summed E-state index contributed by atoms with van der Waals surface area (Å²) in [4.78, 5) is 14.1. The number of nitrogens with zero attached hydrogens (tertiary/aromatic N) is 5. The van der Waals surface area contributed by atoms with Gasteiger partial charge in [-0.05, 0) is 56.9 Å². The highest BCUT2D eigenvalue weighted by Crippen LogP contribution is 2.47. The van der Waals surface area contributed by atoms with Gasteiger partial charge in [0.25, 0.3) is 0 Å². The number of methoxy groups -OCH3 is 1. The summed E-state index contributed by atoms with van der Waals surface area (Å²) < 4.78 is 7.06. The Bertz CT molecular complexity index is 1300. The largest absolute Gasteiger partial charge is 0.494 e. The minimum Gasteiger partial charge on any atom is -0.494 e. The molecule has 31 heavy (non-hydrogen) atoms. The molecule has 0 aliphatic heterocycles. The number of para-hydroxylation sites is 1. The van der Waals surface area contributed by atoms with Gasteiger partial charge in [-0.25, -0.2) is 9.97 Å². The van der Waals surface area contributed by atoms with Crippen molar-refractivity contribution >= 4 is 22.5 Å². The van der Waals surface area contributed by atoms with Crippen LogP contribution in [0.15, 0.2) is 30.5 Å². The summed E-state index contributed by atoms with van der Waals surface area (Å²) in [5, 5.41) is 5.55. The predicted molar refractivity (Wildman–Crippen MR) is 120 cm³/mol. The number of pyridine rings is 1. The third-order valence-electron chi connectivity index (χ3n) is 6.28. The third-order valence-corrected chi connectivity index (χ3v) is 6.28.